The molecule has 1 heterocycles. The summed E-state index contributed by atoms with van der Waals surface area (Å²) >= 11 is 0. The number of nitriles is 1. The van der Waals surface area contributed by atoms with Crippen molar-refractivity contribution < 1.29 is 18.0 Å². The predicted octanol–water partition coefficient (Wildman–Crippen LogP) is 3.33. The topological polar surface area (TPSA) is 53.8 Å². The number of hydrogen-bond acceptors (Lipinski definition) is 3. The van der Waals surface area contributed by atoms with Crippen LogP contribution in [0, 0.1) is 11.3 Å². The molecule has 1 aromatic heterocycles. The summed E-state index contributed by atoms with van der Waals surface area (Å²) in [5.74, 6) is -0.414. The lowest BCUT2D eigenvalue weighted by Crippen LogP contribution is -2.06. The van der Waals surface area contributed by atoms with Crippen LogP contribution in [0.4, 0.5) is 13.2 Å². The van der Waals surface area contributed by atoms with E-state index in [9.17, 15) is 18.0 Å². The van der Waals surface area contributed by atoms with Crippen molar-refractivity contribution in [1.82, 2.24) is 4.98 Å². The molecule has 19 heavy (non-hydrogen) atoms. The van der Waals surface area contributed by atoms with Gasteiger partial charge in [0.2, 0.25) is 0 Å². The molecular formula is C13H7F3N2O. The Bertz CT molecular complexity index is 714. The molecule has 0 aliphatic carbocycles. The van der Waals surface area contributed by atoms with Crippen molar-refractivity contribution in [1.29, 1.82) is 5.26 Å². The number of alkyl halides is 3. The largest absolute Gasteiger partial charge is 0.416 e. The van der Waals surface area contributed by atoms with E-state index in [-0.39, 0.29) is 22.2 Å². The van der Waals surface area contributed by atoms with E-state index < -0.39 is 17.5 Å². The molecule has 0 atom stereocenters. The first-order chi connectivity index (χ1) is 8.82. The molecule has 0 spiro atoms. The van der Waals surface area contributed by atoms with Crippen LogP contribution in [-0.2, 0) is 6.18 Å². The highest BCUT2D eigenvalue weighted by atomic mass is 19.4. The number of benzene rings is 1. The number of rotatable bonds is 1. The van der Waals surface area contributed by atoms with E-state index >= 15 is 0 Å². The molecule has 0 aliphatic rings. The van der Waals surface area contributed by atoms with Crippen LogP contribution in [0.5, 0.6) is 0 Å². The third kappa shape index (κ3) is 2.40. The molecule has 0 fully saturated rings. The Morgan fingerprint density at radius 1 is 1.32 bits per heavy atom. The molecule has 3 nitrogen and oxygen atoms in total. The number of hydrogen-bond donors (Lipinski definition) is 0. The number of carbonyl (C=O) groups is 1. The fraction of sp³-hybridized carbons (Fsp3) is 0.154. The Morgan fingerprint density at radius 3 is 2.53 bits per heavy atom. The predicted molar refractivity (Wildman–Crippen MR) is 61.5 cm³/mol. The lowest BCUT2D eigenvalue weighted by molar-refractivity contribution is -0.137. The fourth-order valence-corrected chi connectivity index (χ4v) is 1.75. The fourth-order valence-electron chi connectivity index (χ4n) is 1.75. The monoisotopic (exact) mass is 264 g/mol. The summed E-state index contributed by atoms with van der Waals surface area (Å²) in [6, 6.07) is 5.88. The lowest BCUT2D eigenvalue weighted by atomic mass is 10.0. The molecule has 0 amide bonds. The molecule has 0 radical (unpaired) electrons. The number of nitrogens with zero attached hydrogens (tertiary/aromatic N) is 2. The first-order valence-corrected chi connectivity index (χ1v) is 5.26. The van der Waals surface area contributed by atoms with Crippen LogP contribution in [-0.4, -0.2) is 10.8 Å². The van der Waals surface area contributed by atoms with Crippen LogP contribution in [0.3, 0.4) is 0 Å². The molecule has 0 unspecified atom stereocenters. The molecule has 1 aromatic carbocycles. The minimum Gasteiger partial charge on any atom is -0.294 e. The van der Waals surface area contributed by atoms with Crippen molar-refractivity contribution in [3.63, 3.8) is 0 Å². The van der Waals surface area contributed by atoms with Crippen LogP contribution in [0.15, 0.2) is 24.3 Å². The molecule has 2 rings (SSSR count). The second kappa shape index (κ2) is 4.35. The van der Waals surface area contributed by atoms with Gasteiger partial charge in [0, 0.05) is 10.9 Å². The van der Waals surface area contributed by atoms with Crippen LogP contribution >= 0.6 is 0 Å². The van der Waals surface area contributed by atoms with E-state index in [1.54, 1.807) is 6.07 Å². The van der Waals surface area contributed by atoms with Gasteiger partial charge in [-0.3, -0.25) is 4.79 Å². The highest BCUT2D eigenvalue weighted by Crippen LogP contribution is 2.32. The third-order valence-electron chi connectivity index (χ3n) is 2.63. The van der Waals surface area contributed by atoms with Gasteiger partial charge < -0.3 is 0 Å². The lowest BCUT2D eigenvalue weighted by Gasteiger charge is -2.09. The maximum Gasteiger partial charge on any atom is 0.416 e. The van der Waals surface area contributed by atoms with Gasteiger partial charge in [0.25, 0.3) is 0 Å². The molecule has 0 bridgehead atoms. The van der Waals surface area contributed by atoms with Crippen molar-refractivity contribution in [3.05, 3.63) is 41.1 Å². The quantitative estimate of drug-likeness (QED) is 0.742. The molecule has 0 saturated heterocycles. The average Bonchev–Trinajstić information content (AvgIpc) is 2.35. The van der Waals surface area contributed by atoms with Crippen LogP contribution in [0.25, 0.3) is 10.9 Å². The highest BCUT2D eigenvalue weighted by Gasteiger charge is 2.30. The Hall–Kier alpha value is -2.42. The minimum atomic E-state index is -4.49. The zero-order chi connectivity index (χ0) is 14.2. The summed E-state index contributed by atoms with van der Waals surface area (Å²) in [6.07, 6.45) is -4.49. The third-order valence-corrected chi connectivity index (χ3v) is 2.63. The van der Waals surface area contributed by atoms with Crippen molar-refractivity contribution in [2.45, 2.75) is 13.1 Å². The first kappa shape index (κ1) is 13.0. The molecule has 0 saturated carbocycles. The number of ketones is 1. The van der Waals surface area contributed by atoms with Gasteiger partial charge in [-0.25, -0.2) is 4.98 Å². The van der Waals surface area contributed by atoms with Gasteiger partial charge in [-0.2, -0.15) is 18.4 Å². The Kier molecular flexibility index (Phi) is 2.98. The number of Topliss-reactive ketones (excluding diaryl/α,β-unsaturated/α-hetero) is 1. The molecule has 0 N–H and O–H groups in total. The zero-order valence-electron chi connectivity index (χ0n) is 9.75. The summed E-state index contributed by atoms with van der Waals surface area (Å²) < 4.78 is 37.9. The Balaban J connectivity index is 2.82. The minimum absolute atomic E-state index is 0.00235. The van der Waals surface area contributed by atoms with Crippen molar-refractivity contribution in [2.24, 2.45) is 0 Å². The summed E-state index contributed by atoms with van der Waals surface area (Å²) in [7, 11) is 0. The van der Waals surface area contributed by atoms with Crippen molar-refractivity contribution >= 4 is 16.7 Å². The van der Waals surface area contributed by atoms with Gasteiger partial charge in [0.1, 0.15) is 11.8 Å². The summed E-state index contributed by atoms with van der Waals surface area (Å²) in [6.45, 7) is 1.23. The van der Waals surface area contributed by atoms with E-state index in [4.69, 9.17) is 5.26 Å². The average molecular weight is 264 g/mol. The van der Waals surface area contributed by atoms with Gasteiger partial charge in [0.15, 0.2) is 5.78 Å². The SMILES string of the molecule is CC(=O)c1cc(C#N)nc2ccc(C(F)(F)F)cc12. The maximum atomic E-state index is 12.6. The number of halogens is 3. The molecular weight excluding hydrogens is 257 g/mol. The van der Waals surface area contributed by atoms with Gasteiger partial charge in [-0.1, -0.05) is 0 Å². The molecule has 0 aliphatic heterocycles. The zero-order valence-corrected chi connectivity index (χ0v) is 9.75. The Labute approximate surface area is 106 Å². The van der Waals surface area contributed by atoms with E-state index in [0.717, 1.165) is 18.2 Å². The summed E-state index contributed by atoms with van der Waals surface area (Å²) in [4.78, 5) is 15.3. The first-order valence-electron chi connectivity index (χ1n) is 5.26. The Morgan fingerprint density at radius 2 is 2.00 bits per heavy atom. The summed E-state index contributed by atoms with van der Waals surface area (Å²) in [5, 5.41) is 8.88. The van der Waals surface area contributed by atoms with Crippen LogP contribution < -0.4 is 0 Å². The van der Waals surface area contributed by atoms with Crippen LogP contribution in [0.1, 0.15) is 28.5 Å². The van der Waals surface area contributed by atoms with E-state index in [2.05, 4.69) is 4.98 Å². The maximum absolute atomic E-state index is 12.6. The number of aromatic nitrogens is 1. The number of carbonyl (C=O) groups excluding carboxylic acids is 1. The normalized spacial score (nSPS) is 11.3. The standard InChI is InChI=1S/C13H7F3N2O/c1-7(19)10-5-9(6-17)18-12-3-2-8(4-11(10)12)13(14,15)16/h2-5H,1H3. The van der Waals surface area contributed by atoms with Gasteiger partial charge in [-0.15, -0.1) is 0 Å². The van der Waals surface area contributed by atoms with Crippen LogP contribution in [0.2, 0.25) is 0 Å². The molecule has 2 aromatic rings. The molecule has 96 valence electrons. The van der Waals surface area contributed by atoms with E-state index in [1.165, 1.54) is 13.0 Å². The van der Waals surface area contributed by atoms with E-state index in [0.29, 0.717) is 0 Å². The second-order valence-electron chi connectivity index (χ2n) is 3.95. The number of pyridine rings is 1. The summed E-state index contributed by atoms with van der Waals surface area (Å²) in [5.41, 5.74) is -0.601. The molecule has 6 heteroatoms. The van der Waals surface area contributed by atoms with Gasteiger partial charge in [-0.05, 0) is 31.2 Å². The van der Waals surface area contributed by atoms with Crippen molar-refractivity contribution in [2.75, 3.05) is 0 Å². The highest BCUT2D eigenvalue weighted by molar-refractivity contribution is 6.06. The van der Waals surface area contributed by atoms with Crippen molar-refractivity contribution in [3.8, 4) is 6.07 Å². The smallest absolute Gasteiger partial charge is 0.294 e. The number of fused-ring (bicyclic) bond motifs is 1. The van der Waals surface area contributed by atoms with Gasteiger partial charge >= 0.3 is 6.18 Å². The second-order valence-corrected chi connectivity index (χ2v) is 3.95. The van der Waals surface area contributed by atoms with Gasteiger partial charge in [0.05, 0.1) is 11.1 Å². The van der Waals surface area contributed by atoms with E-state index in [1.807, 2.05) is 0 Å².